The van der Waals surface area contributed by atoms with E-state index in [1.807, 2.05) is 54.5 Å². The predicted molar refractivity (Wildman–Crippen MR) is 97.5 cm³/mol. The monoisotopic (exact) mass is 339 g/mol. The highest BCUT2D eigenvalue weighted by atomic mass is 16.5. The maximum atomic E-state index is 12.7. The molecule has 1 aromatic heterocycles. The molecule has 0 saturated carbocycles. The van der Waals surface area contributed by atoms with E-state index in [2.05, 4.69) is 9.88 Å². The van der Waals surface area contributed by atoms with Crippen molar-refractivity contribution >= 4 is 5.91 Å². The summed E-state index contributed by atoms with van der Waals surface area (Å²) >= 11 is 0. The van der Waals surface area contributed by atoms with E-state index in [4.69, 9.17) is 4.74 Å². The van der Waals surface area contributed by atoms with E-state index in [1.54, 1.807) is 7.11 Å². The van der Waals surface area contributed by atoms with Crippen LogP contribution in [0.3, 0.4) is 0 Å². The van der Waals surface area contributed by atoms with Crippen molar-refractivity contribution in [2.24, 2.45) is 0 Å². The lowest BCUT2D eigenvalue weighted by Crippen LogP contribution is -2.48. The molecule has 2 aromatic rings. The number of amides is 1. The van der Waals surface area contributed by atoms with Gasteiger partial charge < -0.3 is 9.64 Å². The van der Waals surface area contributed by atoms with E-state index in [0.29, 0.717) is 6.42 Å². The Morgan fingerprint density at radius 3 is 2.52 bits per heavy atom. The molecule has 1 aliphatic heterocycles. The Morgan fingerprint density at radius 2 is 1.84 bits per heavy atom. The zero-order chi connectivity index (χ0) is 17.6. The summed E-state index contributed by atoms with van der Waals surface area (Å²) in [6.45, 7) is 6.30. The number of hydrogen-bond donors (Lipinski definition) is 0. The highest BCUT2D eigenvalue weighted by molar-refractivity contribution is 5.79. The predicted octanol–water partition coefficient (Wildman–Crippen LogP) is 2.29. The van der Waals surface area contributed by atoms with Gasteiger partial charge in [0.05, 0.1) is 13.5 Å². The number of methoxy groups -OCH3 is 1. The molecule has 3 rings (SSSR count). The third kappa shape index (κ3) is 4.57. The zero-order valence-electron chi connectivity index (χ0n) is 14.9. The molecule has 0 N–H and O–H groups in total. The number of carbonyl (C=O) groups is 1. The fourth-order valence-corrected chi connectivity index (χ4v) is 3.22. The van der Waals surface area contributed by atoms with Crippen LogP contribution in [-0.4, -0.2) is 54.0 Å². The number of ether oxygens (including phenoxy) is 1. The number of hydrogen-bond acceptors (Lipinski definition) is 4. The molecular weight excluding hydrogens is 314 g/mol. The molecule has 1 amide bonds. The summed E-state index contributed by atoms with van der Waals surface area (Å²) in [5.41, 5.74) is 3.37. The van der Waals surface area contributed by atoms with Crippen LogP contribution in [-0.2, 0) is 17.8 Å². The van der Waals surface area contributed by atoms with Crippen molar-refractivity contribution in [3.8, 4) is 5.75 Å². The van der Waals surface area contributed by atoms with Crippen molar-refractivity contribution in [1.82, 2.24) is 14.8 Å². The number of nitrogens with zero attached hydrogens (tertiary/aromatic N) is 3. The smallest absolute Gasteiger partial charge is 0.227 e. The van der Waals surface area contributed by atoms with Gasteiger partial charge in [0, 0.05) is 50.7 Å². The second-order valence-electron chi connectivity index (χ2n) is 6.50. The molecule has 1 fully saturated rings. The summed E-state index contributed by atoms with van der Waals surface area (Å²) in [7, 11) is 1.65. The average Bonchev–Trinajstić information content (AvgIpc) is 2.63. The topological polar surface area (TPSA) is 45.7 Å². The van der Waals surface area contributed by atoms with E-state index in [1.165, 1.54) is 5.56 Å². The molecule has 1 aliphatic rings. The summed E-state index contributed by atoms with van der Waals surface area (Å²) in [6.07, 6.45) is 4.05. The Morgan fingerprint density at radius 1 is 1.12 bits per heavy atom. The van der Waals surface area contributed by atoms with Crippen LogP contribution in [0.5, 0.6) is 5.75 Å². The first-order valence-electron chi connectivity index (χ1n) is 8.68. The van der Waals surface area contributed by atoms with Gasteiger partial charge in [-0.1, -0.05) is 17.7 Å². The van der Waals surface area contributed by atoms with Gasteiger partial charge in [0.25, 0.3) is 0 Å². The van der Waals surface area contributed by atoms with E-state index in [-0.39, 0.29) is 5.91 Å². The van der Waals surface area contributed by atoms with Crippen molar-refractivity contribution in [3.63, 3.8) is 0 Å². The Bertz CT molecular complexity index is 710. The molecule has 0 aliphatic carbocycles. The fourth-order valence-electron chi connectivity index (χ4n) is 3.22. The van der Waals surface area contributed by atoms with Crippen molar-refractivity contribution in [2.75, 3.05) is 33.3 Å². The zero-order valence-corrected chi connectivity index (χ0v) is 14.9. The molecule has 0 bridgehead atoms. The van der Waals surface area contributed by atoms with Crippen molar-refractivity contribution in [2.45, 2.75) is 19.9 Å². The van der Waals surface area contributed by atoms with E-state index in [0.717, 1.165) is 49.6 Å². The third-order valence-electron chi connectivity index (χ3n) is 4.66. The summed E-state index contributed by atoms with van der Waals surface area (Å²) in [5.74, 6) is 0.961. The SMILES string of the molecule is COc1ccc(C)cc1CC(=O)N1CCN(Cc2ccncc2)CC1. The van der Waals surface area contributed by atoms with Gasteiger partial charge in [-0.2, -0.15) is 0 Å². The van der Waals surface area contributed by atoms with Gasteiger partial charge in [-0.15, -0.1) is 0 Å². The minimum absolute atomic E-state index is 0.174. The third-order valence-corrected chi connectivity index (χ3v) is 4.66. The number of pyridine rings is 1. The molecule has 0 unspecified atom stereocenters. The number of carbonyl (C=O) groups excluding carboxylic acids is 1. The largest absolute Gasteiger partial charge is 0.496 e. The Hall–Kier alpha value is -2.40. The van der Waals surface area contributed by atoms with Crippen LogP contribution in [0.2, 0.25) is 0 Å². The second kappa shape index (κ2) is 8.12. The van der Waals surface area contributed by atoms with Crippen molar-refractivity contribution in [3.05, 3.63) is 59.4 Å². The molecule has 1 aromatic carbocycles. The van der Waals surface area contributed by atoms with Crippen LogP contribution in [0.25, 0.3) is 0 Å². The van der Waals surface area contributed by atoms with Gasteiger partial charge >= 0.3 is 0 Å². The van der Waals surface area contributed by atoms with Gasteiger partial charge in [0.1, 0.15) is 5.75 Å². The standard InChI is InChI=1S/C20H25N3O2/c1-16-3-4-19(25-2)18(13-16)14-20(24)23-11-9-22(10-12-23)15-17-5-7-21-8-6-17/h3-8,13H,9-12,14-15H2,1-2H3. The molecule has 1 saturated heterocycles. The Labute approximate surface area is 149 Å². The summed E-state index contributed by atoms with van der Waals surface area (Å²) in [4.78, 5) is 21.1. The first kappa shape index (κ1) is 17.4. The van der Waals surface area contributed by atoms with Crippen LogP contribution in [0.15, 0.2) is 42.7 Å². The number of aromatic nitrogens is 1. The van der Waals surface area contributed by atoms with Crippen LogP contribution in [0.4, 0.5) is 0 Å². The summed E-state index contributed by atoms with van der Waals surface area (Å²) < 4.78 is 5.39. The number of aryl methyl sites for hydroxylation is 1. The molecule has 5 nitrogen and oxygen atoms in total. The highest BCUT2D eigenvalue weighted by Crippen LogP contribution is 2.21. The van der Waals surface area contributed by atoms with Crippen LogP contribution in [0.1, 0.15) is 16.7 Å². The minimum atomic E-state index is 0.174. The van der Waals surface area contributed by atoms with Gasteiger partial charge in [-0.05, 0) is 30.7 Å². The van der Waals surface area contributed by atoms with E-state index >= 15 is 0 Å². The molecule has 5 heteroatoms. The molecule has 0 spiro atoms. The Kier molecular flexibility index (Phi) is 5.66. The molecule has 2 heterocycles. The normalized spacial score (nSPS) is 15.2. The average molecular weight is 339 g/mol. The maximum absolute atomic E-state index is 12.7. The van der Waals surface area contributed by atoms with E-state index in [9.17, 15) is 4.79 Å². The maximum Gasteiger partial charge on any atom is 0.227 e. The van der Waals surface area contributed by atoms with E-state index < -0.39 is 0 Å². The van der Waals surface area contributed by atoms with Gasteiger partial charge in [0.2, 0.25) is 5.91 Å². The minimum Gasteiger partial charge on any atom is -0.496 e. The van der Waals surface area contributed by atoms with Gasteiger partial charge in [-0.25, -0.2) is 0 Å². The molecule has 0 atom stereocenters. The highest BCUT2D eigenvalue weighted by Gasteiger charge is 2.22. The molecule has 25 heavy (non-hydrogen) atoms. The number of rotatable bonds is 5. The second-order valence-corrected chi connectivity index (χ2v) is 6.50. The first-order chi connectivity index (χ1) is 12.2. The van der Waals surface area contributed by atoms with Crippen LogP contribution < -0.4 is 4.74 Å². The number of piperazine rings is 1. The molecule has 132 valence electrons. The van der Waals surface area contributed by atoms with Gasteiger partial charge in [0.15, 0.2) is 0 Å². The number of benzene rings is 1. The first-order valence-corrected chi connectivity index (χ1v) is 8.68. The molecular formula is C20H25N3O2. The summed E-state index contributed by atoms with van der Waals surface area (Å²) in [5, 5.41) is 0. The van der Waals surface area contributed by atoms with Crippen LogP contribution >= 0.6 is 0 Å². The molecule has 0 radical (unpaired) electrons. The lowest BCUT2D eigenvalue weighted by molar-refractivity contribution is -0.132. The van der Waals surface area contributed by atoms with Crippen LogP contribution in [0, 0.1) is 6.92 Å². The Balaban J connectivity index is 1.54. The lowest BCUT2D eigenvalue weighted by atomic mass is 10.1. The van der Waals surface area contributed by atoms with Crippen molar-refractivity contribution < 1.29 is 9.53 Å². The quantitative estimate of drug-likeness (QED) is 0.838. The lowest BCUT2D eigenvalue weighted by Gasteiger charge is -2.35. The van der Waals surface area contributed by atoms with Gasteiger partial charge in [-0.3, -0.25) is 14.7 Å². The fraction of sp³-hybridized carbons (Fsp3) is 0.400. The van der Waals surface area contributed by atoms with Crippen molar-refractivity contribution in [1.29, 1.82) is 0 Å². The summed E-state index contributed by atoms with van der Waals surface area (Å²) in [6, 6.07) is 10.1.